The molecule has 0 unspecified atom stereocenters. The average molecular weight is 1340 g/mol. The maximum atomic E-state index is 13.5. The van der Waals surface area contributed by atoms with Crippen LogP contribution >= 0.6 is 0 Å². The molecule has 30 heteroatoms. The van der Waals surface area contributed by atoms with Crippen molar-refractivity contribution in [3.63, 3.8) is 0 Å². The predicted octanol–water partition coefficient (Wildman–Crippen LogP) is 6.38. The molecule has 508 valence electrons. The van der Waals surface area contributed by atoms with Gasteiger partial charge in [0.15, 0.2) is 12.2 Å². The molecule has 2 fully saturated rings. The molecular weight excluding hydrogens is 1260 g/mol. The molecule has 0 spiro atoms. The average Bonchev–Trinajstić information content (AvgIpc) is 0.837. The zero-order chi connectivity index (χ0) is 68.1. The number of ether oxygens (including phenoxy) is 10. The van der Waals surface area contributed by atoms with Gasteiger partial charge in [0.25, 0.3) is 5.69 Å². The first-order chi connectivity index (χ1) is 44.1. The van der Waals surface area contributed by atoms with Crippen LogP contribution in [0.15, 0.2) is 143 Å². The van der Waals surface area contributed by atoms with Crippen molar-refractivity contribution in [1.82, 2.24) is 19.2 Å². The number of methoxy groups -OCH3 is 2. The Labute approximate surface area is 540 Å². The van der Waals surface area contributed by atoms with Crippen molar-refractivity contribution in [1.29, 1.82) is 0 Å². The number of amides is 2. The first-order valence-corrected chi connectivity index (χ1v) is 32.2. The minimum absolute atomic E-state index is 0.00115. The van der Waals surface area contributed by atoms with Crippen LogP contribution in [-0.4, -0.2) is 193 Å². The number of aliphatic hydroxyl groups excluding tert-OH is 2. The van der Waals surface area contributed by atoms with E-state index in [-0.39, 0.29) is 125 Å². The Balaban J connectivity index is 0.000000266. The van der Waals surface area contributed by atoms with E-state index in [9.17, 15) is 61.1 Å². The number of rotatable bonds is 28. The van der Waals surface area contributed by atoms with Crippen LogP contribution in [0.5, 0.6) is 17.2 Å². The maximum Gasteiger partial charge on any atom is 0.514 e. The minimum Gasteiger partial charge on any atom is -0.497 e. The Kier molecular flexibility index (Phi) is 30.5. The molecule has 0 bridgehead atoms. The van der Waals surface area contributed by atoms with E-state index >= 15 is 0 Å². The molecule has 4 atom stereocenters. The van der Waals surface area contributed by atoms with Gasteiger partial charge in [-0.25, -0.2) is 31.2 Å². The van der Waals surface area contributed by atoms with Gasteiger partial charge in [-0.15, -0.1) is 0 Å². The maximum absolute atomic E-state index is 13.5. The number of nitro benzene ring substituents is 1. The number of hydrogen-bond donors (Lipinski definition) is 4. The lowest BCUT2D eigenvalue weighted by atomic mass is 10.0. The fraction of sp³-hybridized carbons (Fsp3) is 0.444. The summed E-state index contributed by atoms with van der Waals surface area (Å²) in [4.78, 5) is 69.8. The second kappa shape index (κ2) is 37.5. The van der Waals surface area contributed by atoms with Gasteiger partial charge in [0.05, 0.1) is 79.7 Å². The van der Waals surface area contributed by atoms with Crippen molar-refractivity contribution < 1.29 is 103 Å². The van der Waals surface area contributed by atoms with Crippen molar-refractivity contribution in [3.8, 4) is 17.2 Å². The smallest absolute Gasteiger partial charge is 0.497 e. The summed E-state index contributed by atoms with van der Waals surface area (Å²) in [6.07, 6.45) is -5.80. The van der Waals surface area contributed by atoms with Crippen LogP contribution < -0.4 is 24.8 Å². The largest absolute Gasteiger partial charge is 0.514 e. The molecule has 2 saturated heterocycles. The lowest BCUT2D eigenvalue weighted by Gasteiger charge is -2.30. The monoisotopic (exact) mass is 1340 g/mol. The van der Waals surface area contributed by atoms with Crippen molar-refractivity contribution in [2.75, 3.05) is 80.4 Å². The van der Waals surface area contributed by atoms with Crippen LogP contribution in [0.3, 0.4) is 0 Å². The second-order valence-electron chi connectivity index (χ2n) is 22.1. The number of nitrogens with zero attached hydrogens (tertiary/aromatic N) is 3. The molecule has 0 radical (unpaired) electrons. The Morgan fingerprint density at radius 3 is 1.32 bits per heavy atom. The van der Waals surface area contributed by atoms with Gasteiger partial charge in [-0.2, -0.15) is 8.61 Å². The molecule has 5 aromatic rings. The molecule has 0 aromatic heterocycles. The Bertz CT molecular complexity index is 3370. The third-order valence-electron chi connectivity index (χ3n) is 13.5. The third kappa shape index (κ3) is 26.8. The van der Waals surface area contributed by atoms with Gasteiger partial charge in [-0.1, -0.05) is 60.7 Å². The molecule has 28 nitrogen and oxygen atoms in total. The molecule has 93 heavy (non-hydrogen) atoms. The van der Waals surface area contributed by atoms with Gasteiger partial charge in [-0.3, -0.25) is 19.7 Å². The molecule has 7 rings (SSSR count). The lowest BCUT2D eigenvalue weighted by Crippen LogP contribution is -2.51. The first-order valence-electron chi connectivity index (χ1n) is 29.3. The normalized spacial score (nSPS) is 15.0. The highest BCUT2D eigenvalue weighted by atomic mass is 32.2. The summed E-state index contributed by atoms with van der Waals surface area (Å²) in [5.41, 5.74) is 0.813. The zero-order valence-corrected chi connectivity index (χ0v) is 54.3. The quantitative estimate of drug-likeness (QED) is 0.0139. The molecule has 5 aromatic carbocycles. The van der Waals surface area contributed by atoms with E-state index in [4.69, 9.17) is 47.4 Å². The summed E-state index contributed by atoms with van der Waals surface area (Å²) < 4.78 is 107. The molecule has 0 aliphatic carbocycles. The lowest BCUT2D eigenvalue weighted by molar-refractivity contribution is -0.384. The Morgan fingerprint density at radius 2 is 0.957 bits per heavy atom. The van der Waals surface area contributed by atoms with Crippen LogP contribution in [0.1, 0.15) is 58.6 Å². The fourth-order valence-electron chi connectivity index (χ4n) is 8.71. The summed E-state index contributed by atoms with van der Waals surface area (Å²) >= 11 is 0. The van der Waals surface area contributed by atoms with Crippen molar-refractivity contribution in [2.45, 2.75) is 112 Å². The number of carbonyl (C=O) groups excluding carboxylic acids is 5. The third-order valence-corrected chi connectivity index (χ3v) is 17.2. The molecule has 2 amide bonds. The van der Waals surface area contributed by atoms with E-state index in [1.807, 2.05) is 60.7 Å². The topological polar surface area (TPSA) is 360 Å². The van der Waals surface area contributed by atoms with Gasteiger partial charge in [0.1, 0.15) is 48.0 Å². The molecule has 0 saturated carbocycles. The number of non-ortho nitro benzene ring substituents is 1. The zero-order valence-electron chi connectivity index (χ0n) is 52.7. The number of hydrogen-bond acceptors (Lipinski definition) is 23. The number of alkyl carbamates (subject to hydrolysis) is 2. The van der Waals surface area contributed by atoms with Crippen LogP contribution in [-0.2, 0) is 75.6 Å². The van der Waals surface area contributed by atoms with Crippen molar-refractivity contribution in [2.24, 2.45) is 0 Å². The van der Waals surface area contributed by atoms with Gasteiger partial charge < -0.3 is 68.2 Å². The highest BCUT2D eigenvalue weighted by Gasteiger charge is 2.34. The van der Waals surface area contributed by atoms with Gasteiger partial charge in [0, 0.05) is 51.2 Å². The van der Waals surface area contributed by atoms with E-state index in [0.29, 0.717) is 11.5 Å². The second-order valence-corrected chi connectivity index (χ2v) is 26.0. The number of carbonyl (C=O) groups is 5. The SMILES string of the molecule is COc1ccc(S(=O)(=O)N(CCC(C)=O)C[C@@H](O)[C@H](Cc2ccccc2)NC(=O)OC(C)(C)C)cc1.COc1ccc(S(=O)(=O)N(CCC(C)=O)C[C@@H](O)[C@H](Cc2ccccc2)NC(=O)OC2COCOC2)cc1.O=C(Oc1ccc([N+](=O)[O-])cc1)OC1COCOC1. The standard InChI is InChI=1S/C26H34N2O9S.C26H36N2O7S.C11H11NO7/c1-19(29)12-13-28(38(32,33)23-10-8-21(34-2)9-11-23)15-25(30)24(14-20-6-4-3-5-7-20)27-26(31)37-22-16-35-18-36-17-22;1-19(29)15-16-28(36(32,33)22-13-11-21(34-5)12-14-22)18-24(30)23(17-20-9-7-6-8-10-20)27-25(31)35-26(2,3)4;13-11(19-10-5-16-7-17-6-10)18-9-3-1-8(2-4-9)12(14)15/h3-11,22,24-25,30H,12-18H2,1-2H3,(H,27,31);6-14,23-24,30H,15-18H2,1-5H3,(H,27,31);1-4,10H,5-7H2/t24-,25+;23-,24+;/m00./s1. The number of Topliss-reactive ketones (excluding diaryl/α,β-unsaturated/α-hetero) is 2. The summed E-state index contributed by atoms with van der Waals surface area (Å²) in [5.74, 6) is 0.752. The van der Waals surface area contributed by atoms with Gasteiger partial charge >= 0.3 is 18.3 Å². The Morgan fingerprint density at radius 1 is 0.581 bits per heavy atom. The molecule has 2 aliphatic heterocycles. The summed E-state index contributed by atoms with van der Waals surface area (Å²) in [7, 11) is -5.20. The molecular formula is C63H81N5O23S2. The fourth-order valence-corrected chi connectivity index (χ4v) is 11.6. The van der Waals surface area contributed by atoms with Crippen LogP contribution in [0.2, 0.25) is 0 Å². The number of aliphatic hydroxyl groups is 2. The van der Waals surface area contributed by atoms with E-state index in [0.717, 1.165) is 19.7 Å². The predicted molar refractivity (Wildman–Crippen MR) is 334 cm³/mol. The number of ketones is 2. The van der Waals surface area contributed by atoms with E-state index in [1.165, 1.54) is 101 Å². The van der Waals surface area contributed by atoms with Gasteiger partial charge in [-0.05, 0) is 119 Å². The summed E-state index contributed by atoms with van der Waals surface area (Å²) in [5, 5.41) is 38.2. The molecule has 4 N–H and O–H groups in total. The molecule has 2 aliphatic rings. The molecule has 2 heterocycles. The number of benzene rings is 5. The van der Waals surface area contributed by atoms with E-state index < -0.39 is 85.4 Å². The number of nitro groups is 1. The van der Waals surface area contributed by atoms with Crippen LogP contribution in [0, 0.1) is 10.1 Å². The van der Waals surface area contributed by atoms with Crippen molar-refractivity contribution >= 4 is 55.6 Å². The van der Waals surface area contributed by atoms with Gasteiger partial charge in [0.2, 0.25) is 20.0 Å². The summed E-state index contributed by atoms with van der Waals surface area (Å²) in [6.45, 7) is 8.09. The van der Waals surface area contributed by atoms with Crippen molar-refractivity contribution in [3.05, 3.63) is 155 Å². The number of sulfonamides is 2. The van der Waals surface area contributed by atoms with E-state index in [1.54, 1.807) is 20.8 Å². The highest BCUT2D eigenvalue weighted by Crippen LogP contribution is 2.24. The first kappa shape index (κ1) is 75.5. The van der Waals surface area contributed by atoms with E-state index in [2.05, 4.69) is 10.6 Å². The summed E-state index contributed by atoms with van der Waals surface area (Å²) in [6, 6.07) is 33.4. The number of nitrogens with one attached hydrogen (secondary N) is 2. The minimum atomic E-state index is -4.09. The van der Waals surface area contributed by atoms with Crippen LogP contribution in [0.25, 0.3) is 0 Å². The Hall–Kier alpha value is -8.17. The van der Waals surface area contributed by atoms with Crippen LogP contribution in [0.4, 0.5) is 20.1 Å². The highest BCUT2D eigenvalue weighted by molar-refractivity contribution is 7.89.